The number of anilines is 2. The maximum absolute atomic E-state index is 13.0. The Labute approximate surface area is 213 Å². The van der Waals surface area contributed by atoms with Gasteiger partial charge >= 0.3 is 0 Å². The van der Waals surface area contributed by atoms with Gasteiger partial charge in [0.2, 0.25) is 11.8 Å². The summed E-state index contributed by atoms with van der Waals surface area (Å²) in [6, 6.07) is 26.5. The minimum absolute atomic E-state index is 0.0565. The summed E-state index contributed by atoms with van der Waals surface area (Å²) >= 11 is 0. The van der Waals surface area contributed by atoms with E-state index < -0.39 is 0 Å². The highest BCUT2D eigenvalue weighted by Gasteiger charge is 2.29. The molecular weight excluding hydrogens is 466 g/mol. The number of aromatic nitrogens is 3. The molecule has 5 aromatic rings. The number of hydrogen-bond acceptors (Lipinski definition) is 6. The van der Waals surface area contributed by atoms with Crippen molar-refractivity contribution in [1.29, 1.82) is 0 Å². The number of benzene rings is 3. The van der Waals surface area contributed by atoms with Crippen molar-refractivity contribution in [3.05, 3.63) is 107 Å². The van der Waals surface area contributed by atoms with Crippen LogP contribution in [0, 0.1) is 5.92 Å². The van der Waals surface area contributed by atoms with E-state index in [1.54, 1.807) is 12.3 Å². The summed E-state index contributed by atoms with van der Waals surface area (Å²) in [5.74, 6) is 0.295. The number of rotatable bonds is 6. The molecule has 37 heavy (non-hydrogen) atoms. The third kappa shape index (κ3) is 4.86. The molecule has 6 rings (SSSR count). The molecule has 0 saturated carbocycles. The Morgan fingerprint density at radius 3 is 2.57 bits per heavy atom. The van der Waals surface area contributed by atoms with Crippen LogP contribution in [-0.2, 0) is 11.3 Å². The highest BCUT2D eigenvalue weighted by molar-refractivity contribution is 5.95. The number of oxazole rings is 1. The fraction of sp³-hybridized carbons (Fsp3) is 0.172. The molecule has 0 bridgehead atoms. The van der Waals surface area contributed by atoms with Gasteiger partial charge in [0.25, 0.3) is 5.56 Å². The van der Waals surface area contributed by atoms with Crippen molar-refractivity contribution in [2.45, 2.75) is 13.0 Å². The Kier molecular flexibility index (Phi) is 5.98. The van der Waals surface area contributed by atoms with Gasteiger partial charge in [0, 0.05) is 30.4 Å². The summed E-state index contributed by atoms with van der Waals surface area (Å²) in [6.07, 6.45) is 2.40. The lowest BCUT2D eigenvalue weighted by Crippen LogP contribution is -2.29. The first-order chi connectivity index (χ1) is 18.1. The number of amides is 1. The molecule has 0 spiro atoms. The van der Waals surface area contributed by atoms with Crippen LogP contribution in [0.25, 0.3) is 22.6 Å². The molecule has 3 heterocycles. The van der Waals surface area contributed by atoms with E-state index in [1.807, 2.05) is 83.8 Å². The zero-order valence-corrected chi connectivity index (χ0v) is 20.1. The van der Waals surface area contributed by atoms with Crippen LogP contribution in [0.5, 0.6) is 0 Å². The van der Waals surface area contributed by atoms with E-state index in [1.165, 1.54) is 4.68 Å². The van der Waals surface area contributed by atoms with Gasteiger partial charge in [-0.1, -0.05) is 48.5 Å². The predicted octanol–water partition coefficient (Wildman–Crippen LogP) is 4.56. The van der Waals surface area contributed by atoms with Crippen molar-refractivity contribution in [3.8, 4) is 11.5 Å². The lowest BCUT2D eigenvalue weighted by molar-refractivity contribution is -0.119. The third-order valence-electron chi connectivity index (χ3n) is 6.63. The van der Waals surface area contributed by atoms with Crippen molar-refractivity contribution < 1.29 is 9.21 Å². The lowest BCUT2D eigenvalue weighted by atomic mass is 10.1. The van der Waals surface area contributed by atoms with Crippen LogP contribution in [-0.4, -0.2) is 33.8 Å². The third-order valence-corrected chi connectivity index (χ3v) is 6.63. The van der Waals surface area contributed by atoms with Crippen LogP contribution in [0.4, 0.5) is 11.4 Å². The van der Waals surface area contributed by atoms with E-state index in [9.17, 15) is 9.59 Å². The first-order valence-corrected chi connectivity index (χ1v) is 12.3. The van der Waals surface area contributed by atoms with E-state index in [4.69, 9.17) is 4.42 Å². The Balaban J connectivity index is 1.11. The second kappa shape index (κ2) is 9.73. The minimum atomic E-state index is -0.195. The maximum Gasteiger partial charge on any atom is 0.269 e. The molecule has 1 aliphatic heterocycles. The molecule has 1 unspecified atom stereocenters. The molecule has 1 fully saturated rings. The predicted molar refractivity (Wildman–Crippen MR) is 142 cm³/mol. The number of carbonyl (C=O) groups is 1. The quantitative estimate of drug-likeness (QED) is 0.374. The molecule has 2 aromatic heterocycles. The van der Waals surface area contributed by atoms with Crippen LogP contribution >= 0.6 is 0 Å². The van der Waals surface area contributed by atoms with Crippen molar-refractivity contribution in [2.24, 2.45) is 5.92 Å². The fourth-order valence-corrected chi connectivity index (χ4v) is 4.63. The van der Waals surface area contributed by atoms with Crippen molar-refractivity contribution in [1.82, 2.24) is 14.8 Å². The lowest BCUT2D eigenvalue weighted by Gasteiger charge is -2.18. The maximum atomic E-state index is 13.0. The minimum Gasteiger partial charge on any atom is -0.436 e. The first kappa shape index (κ1) is 22.7. The number of fused-ring (bicyclic) bond motifs is 1. The SMILES string of the molecule is O=C(Nc1ccc2oc(-c3ccccc3)nc2c1)C1CCN(c2cnn(Cc3ccccc3)c(=O)c2)C1. The zero-order valence-electron chi connectivity index (χ0n) is 20.1. The topological polar surface area (TPSA) is 93.3 Å². The Bertz CT molecular complexity index is 1610. The summed E-state index contributed by atoms with van der Waals surface area (Å²) in [5.41, 5.74) is 4.52. The summed E-state index contributed by atoms with van der Waals surface area (Å²) in [5, 5.41) is 7.37. The zero-order chi connectivity index (χ0) is 25.2. The smallest absolute Gasteiger partial charge is 0.269 e. The Morgan fingerprint density at radius 1 is 1.00 bits per heavy atom. The van der Waals surface area contributed by atoms with Gasteiger partial charge in [-0.25, -0.2) is 9.67 Å². The van der Waals surface area contributed by atoms with E-state index in [0.717, 1.165) is 16.8 Å². The molecule has 8 heteroatoms. The molecule has 3 aromatic carbocycles. The summed E-state index contributed by atoms with van der Waals surface area (Å²) in [4.78, 5) is 32.3. The largest absolute Gasteiger partial charge is 0.436 e. The summed E-state index contributed by atoms with van der Waals surface area (Å²) < 4.78 is 7.31. The molecule has 1 amide bonds. The fourth-order valence-electron chi connectivity index (χ4n) is 4.63. The van der Waals surface area contributed by atoms with Crippen LogP contribution < -0.4 is 15.8 Å². The molecule has 0 aliphatic carbocycles. The molecule has 1 atom stereocenters. The second-order valence-electron chi connectivity index (χ2n) is 9.18. The van der Waals surface area contributed by atoms with E-state index in [0.29, 0.717) is 48.7 Å². The van der Waals surface area contributed by atoms with Crippen molar-refractivity contribution in [3.63, 3.8) is 0 Å². The Morgan fingerprint density at radius 2 is 1.78 bits per heavy atom. The first-order valence-electron chi connectivity index (χ1n) is 12.3. The highest BCUT2D eigenvalue weighted by atomic mass is 16.3. The number of nitrogens with one attached hydrogen (secondary N) is 1. The van der Waals surface area contributed by atoms with Gasteiger partial charge in [-0.15, -0.1) is 0 Å². The number of hydrogen-bond donors (Lipinski definition) is 1. The van der Waals surface area contributed by atoms with Gasteiger partial charge in [-0.2, -0.15) is 5.10 Å². The average Bonchev–Trinajstić information content (AvgIpc) is 3.59. The molecule has 184 valence electrons. The summed E-state index contributed by atoms with van der Waals surface area (Å²) in [7, 11) is 0. The number of carbonyl (C=O) groups excluding carboxylic acids is 1. The van der Waals surface area contributed by atoms with Crippen LogP contribution in [0.15, 0.2) is 100 Å². The van der Waals surface area contributed by atoms with E-state index in [2.05, 4.69) is 15.4 Å². The standard InChI is InChI=1S/C29H25N5O3/c35-27-16-24(17-30-34(27)18-20-7-3-1-4-8-20)33-14-13-22(19-33)28(36)31-23-11-12-26-25(15-23)32-29(37-26)21-9-5-2-6-10-21/h1-12,15-17,22H,13-14,18-19H2,(H,31,36). The monoisotopic (exact) mass is 491 g/mol. The van der Waals surface area contributed by atoms with Crippen LogP contribution in [0.3, 0.4) is 0 Å². The van der Waals surface area contributed by atoms with Gasteiger partial charge in [0.15, 0.2) is 5.58 Å². The van der Waals surface area contributed by atoms with Crippen molar-refractivity contribution >= 4 is 28.4 Å². The molecule has 0 radical (unpaired) electrons. The highest BCUT2D eigenvalue weighted by Crippen LogP contribution is 2.27. The molecule has 1 saturated heterocycles. The molecule has 1 N–H and O–H groups in total. The van der Waals surface area contributed by atoms with E-state index in [-0.39, 0.29) is 17.4 Å². The molecule has 1 aliphatic rings. The second-order valence-corrected chi connectivity index (χ2v) is 9.18. The van der Waals surface area contributed by atoms with Crippen molar-refractivity contribution in [2.75, 3.05) is 23.3 Å². The number of nitrogens with zero attached hydrogens (tertiary/aromatic N) is 4. The van der Waals surface area contributed by atoms with Crippen LogP contribution in [0.1, 0.15) is 12.0 Å². The average molecular weight is 492 g/mol. The normalized spacial score (nSPS) is 15.2. The molecule has 8 nitrogen and oxygen atoms in total. The van der Waals surface area contributed by atoms with E-state index >= 15 is 0 Å². The van der Waals surface area contributed by atoms with Gasteiger partial charge in [-0.3, -0.25) is 9.59 Å². The van der Waals surface area contributed by atoms with Crippen LogP contribution in [0.2, 0.25) is 0 Å². The summed E-state index contributed by atoms with van der Waals surface area (Å²) in [6.45, 7) is 1.64. The van der Waals surface area contributed by atoms with Gasteiger partial charge in [0.1, 0.15) is 5.52 Å². The van der Waals surface area contributed by atoms with Gasteiger partial charge in [-0.05, 0) is 42.3 Å². The van der Waals surface area contributed by atoms with Gasteiger partial charge < -0.3 is 14.6 Å². The van der Waals surface area contributed by atoms with Gasteiger partial charge in [0.05, 0.1) is 24.3 Å². The Hall–Kier alpha value is -4.72. The molecular formula is C29H25N5O3.